The number of fused-ring (bicyclic) bond motifs is 2. The number of benzene rings is 3. The van der Waals surface area contributed by atoms with Gasteiger partial charge in [0.25, 0.3) is 0 Å². The van der Waals surface area contributed by atoms with E-state index in [-0.39, 0.29) is 24.6 Å². The molecule has 5 rings (SSSR count). The van der Waals surface area contributed by atoms with Crippen molar-refractivity contribution in [1.82, 2.24) is 19.7 Å². The van der Waals surface area contributed by atoms with Crippen molar-refractivity contribution in [3.8, 4) is 5.75 Å². The number of nitrogens with zero attached hydrogens (tertiary/aromatic N) is 3. The summed E-state index contributed by atoms with van der Waals surface area (Å²) in [6, 6.07) is 16.0. The Labute approximate surface area is 191 Å². The lowest BCUT2D eigenvalue weighted by molar-refractivity contribution is 0.219. The van der Waals surface area contributed by atoms with Crippen molar-refractivity contribution in [2.45, 2.75) is 31.4 Å². The molecular formula is C24H24N4O4S. The zero-order valence-electron chi connectivity index (χ0n) is 18.3. The minimum atomic E-state index is -3.72. The summed E-state index contributed by atoms with van der Waals surface area (Å²) in [5, 5.41) is 22.0. The number of aliphatic hydroxyl groups excluding tert-OH is 1. The molecule has 1 atom stereocenters. The molecule has 0 saturated carbocycles. The van der Waals surface area contributed by atoms with Gasteiger partial charge in [-0.3, -0.25) is 0 Å². The van der Waals surface area contributed by atoms with Gasteiger partial charge in [0.05, 0.1) is 0 Å². The van der Waals surface area contributed by atoms with Crippen LogP contribution in [0.15, 0.2) is 59.5 Å². The summed E-state index contributed by atoms with van der Waals surface area (Å²) >= 11 is 0. The zero-order valence-corrected chi connectivity index (χ0v) is 19.1. The lowest BCUT2D eigenvalue weighted by atomic mass is 9.94. The van der Waals surface area contributed by atoms with Crippen LogP contribution in [0.4, 0.5) is 0 Å². The van der Waals surface area contributed by atoms with Crippen LogP contribution in [0, 0.1) is 13.8 Å². The Kier molecular flexibility index (Phi) is 5.40. The summed E-state index contributed by atoms with van der Waals surface area (Å²) in [5.74, 6) is 0.375. The number of hydrogen-bond acceptors (Lipinski definition) is 6. The first-order chi connectivity index (χ1) is 15.9. The molecule has 0 amide bonds. The van der Waals surface area contributed by atoms with E-state index in [9.17, 15) is 13.5 Å². The quantitative estimate of drug-likeness (QED) is 0.480. The number of aromatic amines is 1. The maximum Gasteiger partial charge on any atom is 0.247 e. The van der Waals surface area contributed by atoms with Crippen molar-refractivity contribution in [1.29, 1.82) is 0 Å². The van der Waals surface area contributed by atoms with E-state index in [1.807, 2.05) is 44.2 Å². The SMILES string of the molecule is Cc1ccc(C(O)c2ccc3n[nH]nc3c2C)cc1CN1CCOc2ccccc2S1(=O)=O. The maximum atomic E-state index is 13.3. The van der Waals surface area contributed by atoms with Gasteiger partial charge in [0.1, 0.15) is 34.4 Å². The standard InChI is InChI=1S/C24H24N4O4S/c1-15-7-8-17(24(29)19-9-10-20-23(16(19)2)26-27-25-20)13-18(15)14-28-11-12-32-21-5-3-4-6-22(21)33(28,30)31/h3-10,13,24,29H,11-12,14H2,1-2H3,(H,25,26,27). The molecule has 0 radical (unpaired) electrons. The van der Waals surface area contributed by atoms with E-state index < -0.39 is 16.1 Å². The first-order valence-electron chi connectivity index (χ1n) is 10.7. The Balaban J connectivity index is 1.48. The average Bonchev–Trinajstić information content (AvgIpc) is 3.25. The van der Waals surface area contributed by atoms with Crippen LogP contribution in [-0.4, -0.2) is 46.4 Å². The van der Waals surface area contributed by atoms with Crippen molar-refractivity contribution in [2.75, 3.05) is 13.2 Å². The molecule has 3 aromatic carbocycles. The highest BCUT2D eigenvalue weighted by Gasteiger charge is 2.31. The average molecular weight is 465 g/mol. The summed E-state index contributed by atoms with van der Waals surface area (Å²) in [7, 11) is -3.72. The molecule has 2 heterocycles. The fraction of sp³-hybridized carbons (Fsp3) is 0.250. The van der Waals surface area contributed by atoms with E-state index >= 15 is 0 Å². The number of H-pyrrole nitrogens is 1. The monoisotopic (exact) mass is 464 g/mol. The largest absolute Gasteiger partial charge is 0.491 e. The smallest absolute Gasteiger partial charge is 0.247 e. The molecule has 170 valence electrons. The second-order valence-corrected chi connectivity index (χ2v) is 10.1. The molecule has 1 unspecified atom stereocenters. The van der Waals surface area contributed by atoms with Crippen molar-refractivity contribution in [2.24, 2.45) is 0 Å². The number of sulfonamides is 1. The van der Waals surface area contributed by atoms with Gasteiger partial charge in [-0.1, -0.05) is 36.4 Å². The summed E-state index contributed by atoms with van der Waals surface area (Å²) in [5.41, 5.74) is 5.49. The molecule has 2 N–H and O–H groups in total. The van der Waals surface area contributed by atoms with Gasteiger partial charge in [0.2, 0.25) is 10.0 Å². The van der Waals surface area contributed by atoms with E-state index in [0.29, 0.717) is 16.8 Å². The molecule has 1 aliphatic rings. The molecule has 0 spiro atoms. The van der Waals surface area contributed by atoms with Crippen LogP contribution >= 0.6 is 0 Å². The van der Waals surface area contributed by atoms with E-state index in [2.05, 4.69) is 15.4 Å². The molecule has 1 aromatic heterocycles. The Bertz CT molecular complexity index is 1450. The number of ether oxygens (including phenoxy) is 1. The topological polar surface area (TPSA) is 108 Å². The molecule has 4 aromatic rings. The summed E-state index contributed by atoms with van der Waals surface area (Å²) in [6.07, 6.45) is -0.879. The van der Waals surface area contributed by atoms with Crippen LogP contribution in [0.3, 0.4) is 0 Å². The lowest BCUT2D eigenvalue weighted by Gasteiger charge is -2.22. The number of aromatic nitrogens is 3. The van der Waals surface area contributed by atoms with Crippen molar-refractivity contribution < 1.29 is 18.3 Å². The second kappa shape index (κ2) is 8.26. The highest BCUT2D eigenvalue weighted by atomic mass is 32.2. The van der Waals surface area contributed by atoms with Crippen LogP contribution in [0.5, 0.6) is 5.75 Å². The normalized spacial score (nSPS) is 16.7. The van der Waals surface area contributed by atoms with E-state index in [1.165, 1.54) is 4.31 Å². The molecular weight excluding hydrogens is 440 g/mol. The fourth-order valence-corrected chi connectivity index (χ4v) is 5.76. The minimum absolute atomic E-state index is 0.174. The highest BCUT2D eigenvalue weighted by Crippen LogP contribution is 2.32. The number of nitrogens with one attached hydrogen (secondary N) is 1. The molecule has 9 heteroatoms. The van der Waals surface area contributed by atoms with Gasteiger partial charge in [-0.25, -0.2) is 8.42 Å². The molecule has 1 aliphatic heterocycles. The first-order valence-corrected chi connectivity index (χ1v) is 12.1. The summed E-state index contributed by atoms with van der Waals surface area (Å²) in [4.78, 5) is 0.174. The third-order valence-electron chi connectivity index (χ3n) is 6.18. The first kappa shape index (κ1) is 21.6. The number of aryl methyl sites for hydroxylation is 2. The van der Waals surface area contributed by atoms with Crippen LogP contribution in [0.2, 0.25) is 0 Å². The van der Waals surface area contributed by atoms with Gasteiger partial charge in [-0.2, -0.15) is 19.7 Å². The molecule has 0 aliphatic carbocycles. The maximum absolute atomic E-state index is 13.3. The minimum Gasteiger partial charge on any atom is -0.491 e. The van der Waals surface area contributed by atoms with E-state index in [1.54, 1.807) is 24.3 Å². The van der Waals surface area contributed by atoms with Crippen LogP contribution < -0.4 is 4.74 Å². The molecule has 0 fully saturated rings. The molecule has 0 bridgehead atoms. The summed E-state index contributed by atoms with van der Waals surface area (Å²) in [6.45, 7) is 4.54. The third-order valence-corrected chi connectivity index (χ3v) is 8.06. The van der Waals surface area contributed by atoms with Gasteiger partial charge in [0, 0.05) is 13.1 Å². The van der Waals surface area contributed by atoms with Crippen molar-refractivity contribution in [3.63, 3.8) is 0 Å². The van der Waals surface area contributed by atoms with Crippen LogP contribution in [-0.2, 0) is 16.6 Å². The number of aliphatic hydroxyl groups is 1. The second-order valence-electron chi connectivity index (χ2n) is 8.19. The van der Waals surface area contributed by atoms with Crippen LogP contribution in [0.1, 0.15) is 33.9 Å². The molecule has 8 nitrogen and oxygen atoms in total. The number of hydrogen-bond donors (Lipinski definition) is 2. The Morgan fingerprint density at radius 3 is 2.79 bits per heavy atom. The molecule has 33 heavy (non-hydrogen) atoms. The number of rotatable bonds is 4. The molecule has 0 saturated heterocycles. The summed E-state index contributed by atoms with van der Waals surface area (Å²) < 4.78 is 33.7. The van der Waals surface area contributed by atoms with Gasteiger partial charge in [0.15, 0.2) is 0 Å². The van der Waals surface area contributed by atoms with Crippen LogP contribution in [0.25, 0.3) is 11.0 Å². The zero-order chi connectivity index (χ0) is 23.2. The Hall–Kier alpha value is -3.27. The lowest BCUT2D eigenvalue weighted by Crippen LogP contribution is -2.32. The van der Waals surface area contributed by atoms with E-state index in [4.69, 9.17) is 4.74 Å². The van der Waals surface area contributed by atoms with Gasteiger partial charge < -0.3 is 9.84 Å². The van der Waals surface area contributed by atoms with Gasteiger partial charge >= 0.3 is 0 Å². The van der Waals surface area contributed by atoms with E-state index in [0.717, 1.165) is 27.8 Å². The Morgan fingerprint density at radius 2 is 1.94 bits per heavy atom. The van der Waals surface area contributed by atoms with Crippen molar-refractivity contribution >= 4 is 21.1 Å². The third kappa shape index (κ3) is 3.78. The highest BCUT2D eigenvalue weighted by molar-refractivity contribution is 7.89. The predicted octanol–water partition coefficient (Wildman–Crippen LogP) is 3.24. The number of para-hydroxylation sites is 1. The predicted molar refractivity (Wildman–Crippen MR) is 123 cm³/mol. The fourth-order valence-electron chi connectivity index (χ4n) is 4.22. The van der Waals surface area contributed by atoms with Crippen molar-refractivity contribution in [3.05, 3.63) is 82.4 Å². The van der Waals surface area contributed by atoms with Gasteiger partial charge in [-0.15, -0.1) is 0 Å². The Morgan fingerprint density at radius 1 is 1.12 bits per heavy atom. The van der Waals surface area contributed by atoms with Gasteiger partial charge in [-0.05, 0) is 59.9 Å².